The molecule has 5 aromatic carbocycles. The van der Waals surface area contributed by atoms with E-state index in [-0.39, 0.29) is 43.9 Å². The molecule has 0 unspecified atom stereocenters. The Bertz CT molecular complexity index is 2220. The monoisotopic (exact) mass is 756 g/mol. The number of nitrogens with one attached hydrogen (secondary N) is 2. The van der Waals surface area contributed by atoms with Crippen LogP contribution >= 0.6 is 0 Å². The molecule has 5 aromatic rings. The van der Waals surface area contributed by atoms with Gasteiger partial charge in [-0.25, -0.2) is 9.59 Å². The van der Waals surface area contributed by atoms with Crippen molar-refractivity contribution in [2.75, 3.05) is 31.7 Å². The van der Waals surface area contributed by atoms with Gasteiger partial charge in [0.25, 0.3) is 0 Å². The highest BCUT2D eigenvalue weighted by molar-refractivity contribution is 6.10. The lowest BCUT2D eigenvalue weighted by atomic mass is 9.92. The number of benzene rings is 5. The number of hydrogen-bond acceptors (Lipinski definition) is 8. The van der Waals surface area contributed by atoms with Crippen molar-refractivity contribution >= 4 is 51.0 Å². The molecule has 56 heavy (non-hydrogen) atoms. The molecule has 0 fully saturated rings. The fourth-order valence-electron chi connectivity index (χ4n) is 6.27. The molecule has 10 nitrogen and oxygen atoms in total. The van der Waals surface area contributed by atoms with E-state index in [1.54, 1.807) is 45.0 Å². The summed E-state index contributed by atoms with van der Waals surface area (Å²) in [6, 6.07) is 30.1. The molecule has 0 bridgehead atoms. The summed E-state index contributed by atoms with van der Waals surface area (Å²) >= 11 is 0. The zero-order valence-corrected chi connectivity index (χ0v) is 32.1. The Kier molecular flexibility index (Phi) is 14.0. The van der Waals surface area contributed by atoms with Crippen molar-refractivity contribution in [2.24, 2.45) is 5.92 Å². The van der Waals surface area contributed by atoms with Crippen LogP contribution in [0.15, 0.2) is 122 Å². The third kappa shape index (κ3) is 11.1. The lowest BCUT2D eigenvalue weighted by molar-refractivity contribution is -0.127. The number of ether oxygens (including phenoxy) is 4. The van der Waals surface area contributed by atoms with Crippen LogP contribution in [0, 0.1) is 5.92 Å². The summed E-state index contributed by atoms with van der Waals surface area (Å²) in [6.45, 7) is 13.0. The summed E-state index contributed by atoms with van der Waals surface area (Å²) in [7, 11) is 0. The van der Waals surface area contributed by atoms with Gasteiger partial charge in [-0.3, -0.25) is 9.59 Å². The highest BCUT2D eigenvalue weighted by atomic mass is 16.6. The molecule has 0 heterocycles. The molecular formula is C46H48N2O8. The summed E-state index contributed by atoms with van der Waals surface area (Å²) in [6.07, 6.45) is 3.11. The second kappa shape index (κ2) is 19.3. The van der Waals surface area contributed by atoms with Gasteiger partial charge in [0.1, 0.15) is 36.9 Å². The molecule has 0 aliphatic heterocycles. The summed E-state index contributed by atoms with van der Waals surface area (Å²) in [5.74, 6) is -0.930. The Hall–Kier alpha value is -6.42. The van der Waals surface area contributed by atoms with Gasteiger partial charge in [0.15, 0.2) is 5.78 Å². The van der Waals surface area contributed by atoms with Crippen LogP contribution in [0.3, 0.4) is 0 Å². The molecule has 0 saturated heterocycles. The van der Waals surface area contributed by atoms with Crippen LogP contribution in [-0.2, 0) is 19.1 Å². The first-order chi connectivity index (χ1) is 27.0. The number of ketones is 1. The lowest BCUT2D eigenvalue weighted by Crippen LogP contribution is -2.33. The third-order valence-electron chi connectivity index (χ3n) is 8.72. The number of rotatable bonds is 18. The van der Waals surface area contributed by atoms with Crippen molar-refractivity contribution < 1.29 is 38.1 Å². The van der Waals surface area contributed by atoms with Crippen molar-refractivity contribution in [3.63, 3.8) is 0 Å². The number of hydrogen-bond donors (Lipinski definition) is 2. The highest BCUT2D eigenvalue weighted by Crippen LogP contribution is 2.45. The van der Waals surface area contributed by atoms with Gasteiger partial charge in [0.2, 0.25) is 5.91 Å². The topological polar surface area (TPSA) is 129 Å². The minimum Gasteiger partial charge on any atom is -0.489 e. The van der Waals surface area contributed by atoms with Crippen LogP contribution in [0.4, 0.5) is 10.5 Å². The minimum absolute atomic E-state index is 0.0475. The minimum atomic E-state index is -0.782. The first-order valence-electron chi connectivity index (χ1n) is 18.5. The van der Waals surface area contributed by atoms with E-state index in [0.29, 0.717) is 30.2 Å². The molecule has 0 spiro atoms. The maximum absolute atomic E-state index is 13.8. The first kappa shape index (κ1) is 40.8. The van der Waals surface area contributed by atoms with Crippen LogP contribution < -0.4 is 20.1 Å². The molecule has 5 rings (SSSR count). The van der Waals surface area contributed by atoms with Crippen molar-refractivity contribution in [3.8, 4) is 22.6 Å². The van der Waals surface area contributed by atoms with Gasteiger partial charge >= 0.3 is 12.1 Å². The summed E-state index contributed by atoms with van der Waals surface area (Å²) < 4.78 is 23.0. The quantitative estimate of drug-likeness (QED) is 0.0514. The molecule has 0 saturated carbocycles. The molecule has 0 aliphatic carbocycles. The molecular weight excluding hydrogens is 709 g/mol. The average molecular weight is 757 g/mol. The number of amides is 2. The Morgan fingerprint density at radius 1 is 0.750 bits per heavy atom. The van der Waals surface area contributed by atoms with Gasteiger partial charge in [0.05, 0.1) is 5.56 Å². The third-order valence-corrected chi connectivity index (χ3v) is 8.72. The Morgan fingerprint density at radius 3 is 2.00 bits per heavy atom. The first-order valence-corrected chi connectivity index (χ1v) is 18.5. The van der Waals surface area contributed by atoms with E-state index in [9.17, 15) is 19.2 Å². The number of alkyl carbamates (subject to hydrolysis) is 1. The number of Topliss-reactive ketones (excluding diaryl/α,β-unsaturated/α-hetero) is 1. The number of fused-ring (bicyclic) bond motifs is 2. The number of anilines is 1. The molecule has 2 amide bonds. The Labute approximate surface area is 327 Å². The van der Waals surface area contributed by atoms with E-state index in [1.807, 2.05) is 72.8 Å². The summed E-state index contributed by atoms with van der Waals surface area (Å²) in [5.41, 5.74) is 1.57. The van der Waals surface area contributed by atoms with Crippen molar-refractivity contribution in [3.05, 3.63) is 128 Å². The molecule has 2 N–H and O–H groups in total. The van der Waals surface area contributed by atoms with Crippen LogP contribution in [0.2, 0.25) is 0 Å². The standard InChI is InChI=1S/C46H48N2O8/c1-6-26-53-39-23-21-31-14-8-10-19-37(31)41(39)42-38-20-11-9-15-32(38)22-24-40(42)55-30-36(49)29-33(17-13-25-47-45(52)56-46(3,4)5)43(50)48-35-18-12-16-34(28-35)44(51)54-27-7-2/h6-12,14-16,18-24,28,33H,1-2,13,17,25-27,29-30H2,3-5H3,(H,47,52)(H,48,50)/t33-/m0/s1. The molecule has 0 radical (unpaired) electrons. The van der Waals surface area contributed by atoms with Crippen LogP contribution in [-0.4, -0.2) is 55.7 Å². The molecule has 290 valence electrons. The van der Waals surface area contributed by atoms with E-state index in [4.69, 9.17) is 18.9 Å². The second-order valence-electron chi connectivity index (χ2n) is 14.2. The molecule has 0 aliphatic rings. The molecule has 10 heteroatoms. The summed E-state index contributed by atoms with van der Waals surface area (Å²) in [5, 5.41) is 9.43. The zero-order chi connectivity index (χ0) is 40.1. The predicted molar refractivity (Wildman–Crippen MR) is 220 cm³/mol. The SMILES string of the molecule is C=CCOC(=O)c1cccc(NC(=O)[C@@H](CCCNC(=O)OC(C)(C)C)CC(=O)COc2ccc3ccccc3c2-c2c(OCC=C)ccc3ccccc23)c1. The maximum atomic E-state index is 13.8. The van der Waals surface area contributed by atoms with Crippen molar-refractivity contribution in [1.82, 2.24) is 5.32 Å². The van der Waals surface area contributed by atoms with Crippen LogP contribution in [0.25, 0.3) is 32.7 Å². The van der Waals surface area contributed by atoms with Crippen LogP contribution in [0.1, 0.15) is 50.4 Å². The van der Waals surface area contributed by atoms with Gasteiger partial charge < -0.3 is 29.6 Å². The van der Waals surface area contributed by atoms with Gasteiger partial charge in [-0.1, -0.05) is 92.0 Å². The fourth-order valence-corrected chi connectivity index (χ4v) is 6.27. The van der Waals surface area contributed by atoms with E-state index in [2.05, 4.69) is 23.8 Å². The Balaban J connectivity index is 1.39. The van der Waals surface area contributed by atoms with Gasteiger partial charge in [-0.2, -0.15) is 0 Å². The second-order valence-corrected chi connectivity index (χ2v) is 14.2. The van der Waals surface area contributed by atoms with E-state index < -0.39 is 29.5 Å². The maximum Gasteiger partial charge on any atom is 0.407 e. The van der Waals surface area contributed by atoms with E-state index in [0.717, 1.165) is 32.7 Å². The number of carbonyl (C=O) groups excluding carboxylic acids is 4. The normalized spacial score (nSPS) is 11.6. The van der Waals surface area contributed by atoms with Crippen molar-refractivity contribution in [2.45, 2.75) is 45.6 Å². The smallest absolute Gasteiger partial charge is 0.407 e. The van der Waals surface area contributed by atoms with Crippen molar-refractivity contribution in [1.29, 1.82) is 0 Å². The van der Waals surface area contributed by atoms with Gasteiger partial charge in [0, 0.05) is 35.7 Å². The van der Waals surface area contributed by atoms with Crippen LogP contribution in [0.5, 0.6) is 11.5 Å². The largest absolute Gasteiger partial charge is 0.489 e. The highest BCUT2D eigenvalue weighted by Gasteiger charge is 2.25. The van der Waals surface area contributed by atoms with Gasteiger partial charge in [-0.15, -0.1) is 0 Å². The number of carbonyl (C=O) groups is 4. The molecule has 0 aromatic heterocycles. The van der Waals surface area contributed by atoms with E-state index >= 15 is 0 Å². The Morgan fingerprint density at radius 2 is 1.38 bits per heavy atom. The predicted octanol–water partition coefficient (Wildman–Crippen LogP) is 9.47. The van der Waals surface area contributed by atoms with E-state index in [1.165, 1.54) is 12.1 Å². The van der Waals surface area contributed by atoms with Gasteiger partial charge in [-0.05, 0) is 85.5 Å². The number of esters is 1. The fraction of sp³-hybridized carbons (Fsp3) is 0.261. The molecule has 1 atom stereocenters. The average Bonchev–Trinajstić information content (AvgIpc) is 3.18. The lowest BCUT2D eigenvalue weighted by Gasteiger charge is -2.21. The summed E-state index contributed by atoms with van der Waals surface area (Å²) in [4.78, 5) is 52.2. The zero-order valence-electron chi connectivity index (χ0n) is 32.1.